The Bertz CT molecular complexity index is 923. The van der Waals surface area contributed by atoms with E-state index >= 15 is 0 Å². The first-order chi connectivity index (χ1) is 12.7. The highest BCUT2D eigenvalue weighted by atomic mass is 16.5. The second-order valence-corrected chi connectivity index (χ2v) is 5.55. The molecule has 0 atom stereocenters. The molecule has 1 amide bonds. The number of carbonyl (C=O) groups is 1. The maximum Gasteiger partial charge on any atom is 0.274 e. The third kappa shape index (κ3) is 3.46. The van der Waals surface area contributed by atoms with Crippen LogP contribution in [0.3, 0.4) is 0 Å². The van der Waals surface area contributed by atoms with Crippen LogP contribution in [0.15, 0.2) is 42.5 Å². The molecule has 0 saturated carbocycles. The lowest BCUT2D eigenvalue weighted by Crippen LogP contribution is -2.18. The number of aromatic nitrogens is 2. The van der Waals surface area contributed by atoms with Gasteiger partial charge in [-0.15, -0.1) is 0 Å². The lowest BCUT2D eigenvalue weighted by molar-refractivity contribution is 0.0706. The molecule has 136 valence electrons. The Morgan fingerprint density at radius 3 is 2.77 bits per heavy atom. The Hall–Kier alpha value is -3.10. The van der Waals surface area contributed by atoms with Crippen LogP contribution in [0, 0.1) is 0 Å². The first-order valence-corrected chi connectivity index (χ1v) is 8.01. The van der Waals surface area contributed by atoms with Gasteiger partial charge in [-0.3, -0.25) is 10.0 Å². The van der Waals surface area contributed by atoms with E-state index in [-0.39, 0.29) is 0 Å². The summed E-state index contributed by atoms with van der Waals surface area (Å²) in [5.41, 5.74) is 4.27. The second-order valence-electron chi connectivity index (χ2n) is 5.55. The van der Waals surface area contributed by atoms with E-state index in [0.29, 0.717) is 36.1 Å². The molecule has 2 aromatic carbocycles. The SMILES string of the molecule is COCCn1c(Nc2cccc(C(=O)NO)c2)nc2cccc(OC)c21. The molecule has 1 aromatic heterocycles. The largest absolute Gasteiger partial charge is 0.494 e. The summed E-state index contributed by atoms with van der Waals surface area (Å²) < 4.78 is 12.6. The number of hydrogen-bond acceptors (Lipinski definition) is 6. The minimum atomic E-state index is -0.580. The van der Waals surface area contributed by atoms with Gasteiger partial charge in [0.25, 0.3) is 5.91 Å². The summed E-state index contributed by atoms with van der Waals surface area (Å²) in [5, 5.41) is 12.0. The fraction of sp³-hybridized carbons (Fsp3) is 0.222. The fourth-order valence-corrected chi connectivity index (χ4v) is 2.74. The number of anilines is 2. The Morgan fingerprint density at radius 2 is 2.04 bits per heavy atom. The summed E-state index contributed by atoms with van der Waals surface area (Å²) in [7, 11) is 3.26. The molecule has 0 aliphatic heterocycles. The van der Waals surface area contributed by atoms with E-state index in [1.807, 2.05) is 28.8 Å². The van der Waals surface area contributed by atoms with Crippen LogP contribution in [0.2, 0.25) is 0 Å². The number of nitrogens with one attached hydrogen (secondary N) is 2. The van der Waals surface area contributed by atoms with Gasteiger partial charge in [-0.05, 0) is 30.3 Å². The van der Waals surface area contributed by atoms with Gasteiger partial charge in [-0.2, -0.15) is 0 Å². The number of rotatable bonds is 7. The minimum Gasteiger partial charge on any atom is -0.494 e. The first-order valence-electron chi connectivity index (χ1n) is 8.01. The third-order valence-electron chi connectivity index (χ3n) is 3.95. The average Bonchev–Trinajstić information content (AvgIpc) is 3.02. The predicted octanol–water partition coefficient (Wildman–Crippen LogP) is 2.55. The standard InChI is InChI=1S/C18H20N4O4/c1-25-10-9-22-16-14(7-4-8-15(16)26-2)20-18(22)19-13-6-3-5-12(11-13)17(23)21-24/h3-8,11,24H,9-10H2,1-2H3,(H,19,20)(H,21,23). The van der Waals surface area contributed by atoms with Gasteiger partial charge in [0.15, 0.2) is 0 Å². The highest BCUT2D eigenvalue weighted by Crippen LogP contribution is 2.30. The zero-order chi connectivity index (χ0) is 18.5. The number of methoxy groups -OCH3 is 2. The van der Waals surface area contributed by atoms with Gasteiger partial charge in [0.05, 0.1) is 19.2 Å². The van der Waals surface area contributed by atoms with Gasteiger partial charge in [0.2, 0.25) is 5.95 Å². The number of nitrogens with zero attached hydrogens (tertiary/aromatic N) is 2. The second kappa shape index (κ2) is 7.85. The van der Waals surface area contributed by atoms with Gasteiger partial charge >= 0.3 is 0 Å². The lowest BCUT2D eigenvalue weighted by Gasteiger charge is -2.12. The highest BCUT2D eigenvalue weighted by Gasteiger charge is 2.15. The molecule has 3 N–H and O–H groups in total. The minimum absolute atomic E-state index is 0.328. The maximum atomic E-state index is 11.6. The number of carbonyl (C=O) groups excluding carboxylic acids is 1. The van der Waals surface area contributed by atoms with Crippen molar-refractivity contribution in [3.05, 3.63) is 48.0 Å². The molecule has 0 spiro atoms. The van der Waals surface area contributed by atoms with Crippen LogP contribution >= 0.6 is 0 Å². The molecule has 3 rings (SSSR count). The lowest BCUT2D eigenvalue weighted by atomic mass is 10.2. The van der Waals surface area contributed by atoms with E-state index in [9.17, 15) is 4.79 Å². The number of benzene rings is 2. The molecular formula is C18H20N4O4. The number of hydroxylamine groups is 1. The van der Waals surface area contributed by atoms with E-state index in [0.717, 1.165) is 11.0 Å². The van der Waals surface area contributed by atoms with Crippen LogP contribution in [-0.2, 0) is 11.3 Å². The van der Waals surface area contributed by atoms with E-state index < -0.39 is 5.91 Å². The van der Waals surface area contributed by atoms with E-state index in [2.05, 4.69) is 10.3 Å². The van der Waals surface area contributed by atoms with Crippen LogP contribution in [-0.4, -0.2) is 41.5 Å². The van der Waals surface area contributed by atoms with E-state index in [4.69, 9.17) is 14.7 Å². The normalized spacial score (nSPS) is 10.7. The van der Waals surface area contributed by atoms with Gasteiger partial charge in [-0.1, -0.05) is 12.1 Å². The molecule has 0 fully saturated rings. The molecule has 0 bridgehead atoms. The van der Waals surface area contributed by atoms with Gasteiger partial charge in [0.1, 0.15) is 11.3 Å². The molecule has 0 aliphatic rings. The summed E-state index contributed by atoms with van der Waals surface area (Å²) in [6.07, 6.45) is 0. The van der Waals surface area contributed by atoms with Crippen molar-refractivity contribution in [3.8, 4) is 5.75 Å². The van der Waals surface area contributed by atoms with Crippen molar-refractivity contribution in [3.63, 3.8) is 0 Å². The van der Waals surface area contributed by atoms with E-state index in [1.54, 1.807) is 37.9 Å². The maximum absolute atomic E-state index is 11.6. The molecule has 0 unspecified atom stereocenters. The number of para-hydroxylation sites is 1. The van der Waals surface area contributed by atoms with Gasteiger partial charge < -0.3 is 19.4 Å². The molecule has 0 radical (unpaired) electrons. The fourth-order valence-electron chi connectivity index (χ4n) is 2.74. The van der Waals surface area contributed by atoms with Crippen molar-refractivity contribution in [2.45, 2.75) is 6.54 Å². The van der Waals surface area contributed by atoms with E-state index in [1.165, 1.54) is 0 Å². The Kier molecular flexibility index (Phi) is 5.35. The predicted molar refractivity (Wildman–Crippen MR) is 97.1 cm³/mol. The molecular weight excluding hydrogens is 336 g/mol. The number of hydrogen-bond donors (Lipinski definition) is 3. The molecule has 0 saturated heterocycles. The molecule has 8 nitrogen and oxygen atoms in total. The molecule has 26 heavy (non-hydrogen) atoms. The Labute approximate surface area is 150 Å². The van der Waals surface area contributed by atoms with Crippen molar-refractivity contribution in [2.75, 3.05) is 26.1 Å². The van der Waals surface area contributed by atoms with Crippen molar-refractivity contribution in [1.29, 1.82) is 0 Å². The zero-order valence-corrected chi connectivity index (χ0v) is 14.5. The summed E-state index contributed by atoms with van der Waals surface area (Å²) >= 11 is 0. The van der Waals surface area contributed by atoms with Crippen molar-refractivity contribution in [2.24, 2.45) is 0 Å². The van der Waals surface area contributed by atoms with Crippen LogP contribution < -0.4 is 15.5 Å². The number of amides is 1. The number of ether oxygens (including phenoxy) is 2. The summed E-state index contributed by atoms with van der Waals surface area (Å²) in [4.78, 5) is 16.2. The summed E-state index contributed by atoms with van der Waals surface area (Å²) in [6.45, 7) is 1.08. The smallest absolute Gasteiger partial charge is 0.274 e. The van der Waals surface area contributed by atoms with Crippen molar-refractivity contribution >= 4 is 28.6 Å². The summed E-state index contributed by atoms with van der Waals surface area (Å²) in [5.74, 6) is 0.735. The number of fused-ring (bicyclic) bond motifs is 1. The van der Waals surface area contributed by atoms with Crippen LogP contribution in [0.5, 0.6) is 5.75 Å². The van der Waals surface area contributed by atoms with Crippen LogP contribution in [0.1, 0.15) is 10.4 Å². The Morgan fingerprint density at radius 1 is 1.23 bits per heavy atom. The molecule has 1 heterocycles. The third-order valence-corrected chi connectivity index (χ3v) is 3.95. The molecule has 8 heteroatoms. The molecule has 0 aliphatic carbocycles. The quantitative estimate of drug-likeness (QED) is 0.445. The van der Waals surface area contributed by atoms with Gasteiger partial charge in [0, 0.05) is 24.9 Å². The van der Waals surface area contributed by atoms with Crippen LogP contribution in [0.25, 0.3) is 11.0 Å². The highest BCUT2D eigenvalue weighted by molar-refractivity contribution is 5.94. The monoisotopic (exact) mass is 356 g/mol. The van der Waals surface area contributed by atoms with Crippen molar-refractivity contribution in [1.82, 2.24) is 15.0 Å². The summed E-state index contributed by atoms with van der Waals surface area (Å²) in [6, 6.07) is 12.4. The zero-order valence-electron chi connectivity index (χ0n) is 14.5. The van der Waals surface area contributed by atoms with Gasteiger partial charge in [-0.25, -0.2) is 10.5 Å². The Balaban J connectivity index is 2.03. The molecule has 3 aromatic rings. The topological polar surface area (TPSA) is 97.6 Å². The average molecular weight is 356 g/mol. The number of imidazole rings is 1. The van der Waals surface area contributed by atoms with Crippen molar-refractivity contribution < 1.29 is 19.5 Å². The van der Waals surface area contributed by atoms with Crippen LogP contribution in [0.4, 0.5) is 11.6 Å². The first kappa shape index (κ1) is 17.7.